The predicted octanol–water partition coefficient (Wildman–Crippen LogP) is 4.27. The monoisotopic (exact) mass is 318 g/mol. The molecule has 20 heavy (non-hydrogen) atoms. The van der Waals surface area contributed by atoms with Gasteiger partial charge in [-0.25, -0.2) is 30.7 Å². The molecule has 0 aliphatic carbocycles. The highest BCUT2D eigenvalue weighted by Gasteiger charge is 2.93. The van der Waals surface area contributed by atoms with Gasteiger partial charge in [0.1, 0.15) is 0 Å². The van der Waals surface area contributed by atoms with Gasteiger partial charge in [-0.05, 0) is 0 Å². The van der Waals surface area contributed by atoms with Gasteiger partial charge in [-0.3, -0.25) is 4.74 Å². The van der Waals surface area contributed by atoms with Crippen molar-refractivity contribution in [2.24, 2.45) is 5.92 Å². The zero-order valence-corrected chi connectivity index (χ0v) is 10.5. The molecule has 1 saturated heterocycles. The van der Waals surface area contributed by atoms with Crippen LogP contribution < -0.4 is 0 Å². The summed E-state index contributed by atoms with van der Waals surface area (Å²) in [4.78, 5) is 0. The Labute approximate surface area is 108 Å². The Kier molecular flexibility index (Phi) is 3.62. The van der Waals surface area contributed by atoms with E-state index >= 15 is 0 Å². The summed E-state index contributed by atoms with van der Waals surface area (Å²) in [5, 5.41) is 0. The summed E-state index contributed by atoms with van der Waals surface area (Å²) in [6.45, 7) is 0.542. The standard InChI is InChI=1S/C10H11F9O/c1-4(2)7(14,15)9(18)8(16,17)5(11)20-10(9,19)6(3,12)13/h4-5H,1-3H3. The molecule has 10 heteroatoms. The second-order valence-electron chi connectivity index (χ2n) is 4.98. The van der Waals surface area contributed by atoms with Crippen LogP contribution in [0.4, 0.5) is 39.5 Å². The maximum atomic E-state index is 14.2. The molecular formula is C10H11F9O. The highest BCUT2D eigenvalue weighted by molar-refractivity contribution is 5.21. The molecule has 3 atom stereocenters. The lowest BCUT2D eigenvalue weighted by Crippen LogP contribution is -2.71. The van der Waals surface area contributed by atoms with Crippen LogP contribution in [0.2, 0.25) is 0 Å². The third-order valence-electron chi connectivity index (χ3n) is 3.20. The summed E-state index contributed by atoms with van der Waals surface area (Å²) < 4.78 is 124. The Morgan fingerprint density at radius 3 is 1.70 bits per heavy atom. The van der Waals surface area contributed by atoms with E-state index in [9.17, 15) is 39.5 Å². The van der Waals surface area contributed by atoms with Gasteiger partial charge in [0.2, 0.25) is 0 Å². The minimum atomic E-state index is -5.86. The average Bonchev–Trinajstić information content (AvgIpc) is 2.38. The van der Waals surface area contributed by atoms with E-state index < -0.39 is 48.5 Å². The number of hydrogen-bond acceptors (Lipinski definition) is 1. The van der Waals surface area contributed by atoms with Crippen molar-refractivity contribution >= 4 is 0 Å². The fraction of sp³-hybridized carbons (Fsp3) is 1.00. The largest absolute Gasteiger partial charge is 0.348 e. The third kappa shape index (κ3) is 1.69. The number of rotatable bonds is 3. The predicted molar refractivity (Wildman–Crippen MR) is 49.0 cm³/mol. The van der Waals surface area contributed by atoms with Crippen LogP contribution in [0.3, 0.4) is 0 Å². The van der Waals surface area contributed by atoms with E-state index in [1.165, 1.54) is 0 Å². The normalized spacial score (nSPS) is 38.5. The topological polar surface area (TPSA) is 9.23 Å². The minimum Gasteiger partial charge on any atom is -0.298 e. The molecular weight excluding hydrogens is 307 g/mol. The van der Waals surface area contributed by atoms with Crippen molar-refractivity contribution in [2.45, 2.75) is 56.4 Å². The van der Waals surface area contributed by atoms with Crippen LogP contribution in [0.15, 0.2) is 0 Å². The summed E-state index contributed by atoms with van der Waals surface area (Å²) in [6, 6.07) is 0. The summed E-state index contributed by atoms with van der Waals surface area (Å²) in [5.41, 5.74) is -5.86. The molecule has 0 aromatic heterocycles. The van der Waals surface area contributed by atoms with E-state index in [2.05, 4.69) is 4.74 Å². The van der Waals surface area contributed by atoms with Gasteiger partial charge in [0.05, 0.1) is 0 Å². The first-order valence-electron chi connectivity index (χ1n) is 5.40. The lowest BCUT2D eigenvalue weighted by atomic mass is 9.78. The maximum Gasteiger partial charge on any atom is 0.348 e. The van der Waals surface area contributed by atoms with Gasteiger partial charge in [0, 0.05) is 12.8 Å². The van der Waals surface area contributed by atoms with E-state index in [1.807, 2.05) is 0 Å². The molecule has 1 heterocycles. The molecule has 0 saturated carbocycles. The zero-order chi connectivity index (χ0) is 16.4. The molecule has 1 aliphatic rings. The molecule has 1 nitrogen and oxygen atoms in total. The second-order valence-corrected chi connectivity index (χ2v) is 4.98. The van der Waals surface area contributed by atoms with E-state index in [4.69, 9.17) is 0 Å². The van der Waals surface area contributed by atoms with Crippen LogP contribution in [0.25, 0.3) is 0 Å². The van der Waals surface area contributed by atoms with E-state index in [-0.39, 0.29) is 0 Å². The molecule has 0 bridgehead atoms. The van der Waals surface area contributed by atoms with Crippen LogP contribution in [0.1, 0.15) is 20.8 Å². The highest BCUT2D eigenvalue weighted by atomic mass is 19.3. The van der Waals surface area contributed by atoms with Crippen LogP contribution >= 0.6 is 0 Å². The molecule has 3 unspecified atom stereocenters. The van der Waals surface area contributed by atoms with E-state index in [0.717, 1.165) is 0 Å². The highest BCUT2D eigenvalue weighted by Crippen LogP contribution is 2.65. The number of alkyl halides is 9. The Balaban J connectivity index is 3.65. The van der Waals surface area contributed by atoms with E-state index in [0.29, 0.717) is 13.8 Å². The van der Waals surface area contributed by atoms with Crippen molar-refractivity contribution in [1.29, 1.82) is 0 Å². The molecule has 0 N–H and O–H groups in total. The Hall–Kier alpha value is -0.670. The van der Waals surface area contributed by atoms with Gasteiger partial charge in [0.15, 0.2) is 0 Å². The molecule has 0 aromatic carbocycles. The van der Waals surface area contributed by atoms with Crippen molar-refractivity contribution in [2.75, 3.05) is 0 Å². The van der Waals surface area contributed by atoms with Crippen molar-refractivity contribution < 1.29 is 44.3 Å². The first kappa shape index (κ1) is 17.4. The Bertz CT molecular complexity index is 391. The van der Waals surface area contributed by atoms with Crippen LogP contribution in [0.5, 0.6) is 0 Å². The number of halogens is 9. The van der Waals surface area contributed by atoms with Gasteiger partial charge in [-0.1, -0.05) is 13.8 Å². The maximum absolute atomic E-state index is 14.2. The molecule has 0 amide bonds. The summed E-state index contributed by atoms with van der Waals surface area (Å²) in [6.07, 6.45) is -4.27. The van der Waals surface area contributed by atoms with Gasteiger partial charge in [-0.2, -0.15) is 8.78 Å². The van der Waals surface area contributed by atoms with Crippen LogP contribution in [-0.2, 0) is 4.74 Å². The smallest absolute Gasteiger partial charge is 0.298 e. The SMILES string of the molecule is CC(C)C(F)(F)C1(F)C(F)(F)C(F)OC1(F)C(C)(F)F. The lowest BCUT2D eigenvalue weighted by molar-refractivity contribution is -0.358. The molecule has 0 aromatic rings. The summed E-state index contributed by atoms with van der Waals surface area (Å²) in [5.74, 6) is -24.1. The molecule has 1 fully saturated rings. The first-order valence-corrected chi connectivity index (χ1v) is 5.40. The number of hydrogen-bond donors (Lipinski definition) is 0. The van der Waals surface area contributed by atoms with Crippen LogP contribution in [0, 0.1) is 5.92 Å². The lowest BCUT2D eigenvalue weighted by Gasteiger charge is -2.42. The van der Waals surface area contributed by atoms with Gasteiger partial charge in [-0.15, -0.1) is 0 Å². The summed E-state index contributed by atoms with van der Waals surface area (Å²) in [7, 11) is 0. The van der Waals surface area contributed by atoms with Gasteiger partial charge < -0.3 is 0 Å². The summed E-state index contributed by atoms with van der Waals surface area (Å²) >= 11 is 0. The van der Waals surface area contributed by atoms with Crippen molar-refractivity contribution in [3.63, 3.8) is 0 Å². The minimum absolute atomic E-state index is 0.453. The molecule has 1 rings (SSSR count). The fourth-order valence-electron chi connectivity index (χ4n) is 1.91. The molecule has 0 spiro atoms. The Morgan fingerprint density at radius 2 is 1.40 bits per heavy atom. The molecule has 120 valence electrons. The molecule has 0 radical (unpaired) electrons. The first-order chi connectivity index (χ1) is 8.57. The third-order valence-corrected chi connectivity index (χ3v) is 3.20. The van der Waals surface area contributed by atoms with Crippen molar-refractivity contribution in [3.05, 3.63) is 0 Å². The fourth-order valence-corrected chi connectivity index (χ4v) is 1.91. The second kappa shape index (κ2) is 4.17. The van der Waals surface area contributed by atoms with Gasteiger partial charge in [0.25, 0.3) is 12.3 Å². The number of ether oxygens (including phenoxy) is 1. The van der Waals surface area contributed by atoms with Crippen molar-refractivity contribution in [1.82, 2.24) is 0 Å². The van der Waals surface area contributed by atoms with Crippen LogP contribution in [-0.4, -0.2) is 35.6 Å². The average molecular weight is 318 g/mol. The molecule has 1 aliphatic heterocycles. The van der Waals surface area contributed by atoms with E-state index in [1.54, 1.807) is 0 Å². The quantitative estimate of drug-likeness (QED) is 0.706. The zero-order valence-electron chi connectivity index (χ0n) is 10.5. The van der Waals surface area contributed by atoms with Gasteiger partial charge >= 0.3 is 23.4 Å². The van der Waals surface area contributed by atoms with Crippen molar-refractivity contribution in [3.8, 4) is 0 Å². The Morgan fingerprint density at radius 1 is 1.00 bits per heavy atom.